The van der Waals surface area contributed by atoms with Gasteiger partial charge in [0.2, 0.25) is 0 Å². The van der Waals surface area contributed by atoms with E-state index in [1.54, 1.807) is 6.07 Å². The molecular formula is C14H13F2NO3. The van der Waals surface area contributed by atoms with Crippen LogP contribution in [0.25, 0.3) is 0 Å². The molecule has 6 heteroatoms. The van der Waals surface area contributed by atoms with E-state index in [1.165, 1.54) is 19.3 Å². The van der Waals surface area contributed by atoms with Crippen LogP contribution in [0, 0.1) is 11.6 Å². The Morgan fingerprint density at radius 3 is 2.75 bits per heavy atom. The van der Waals surface area contributed by atoms with Gasteiger partial charge in [0.15, 0.2) is 5.76 Å². The van der Waals surface area contributed by atoms with E-state index in [4.69, 9.17) is 4.42 Å². The molecule has 0 aliphatic carbocycles. The predicted molar refractivity (Wildman–Crippen MR) is 67.0 cm³/mol. The summed E-state index contributed by atoms with van der Waals surface area (Å²) >= 11 is 0. The van der Waals surface area contributed by atoms with E-state index in [0.717, 1.165) is 12.1 Å². The minimum absolute atomic E-state index is 0.0837. The second-order valence-electron chi connectivity index (χ2n) is 4.56. The summed E-state index contributed by atoms with van der Waals surface area (Å²) in [6.45, 7) is 1.08. The van der Waals surface area contributed by atoms with Crippen molar-refractivity contribution in [2.24, 2.45) is 0 Å². The van der Waals surface area contributed by atoms with Crippen molar-refractivity contribution in [2.75, 3.05) is 6.54 Å². The van der Waals surface area contributed by atoms with Gasteiger partial charge >= 0.3 is 0 Å². The van der Waals surface area contributed by atoms with Crippen LogP contribution < -0.4 is 5.32 Å². The van der Waals surface area contributed by atoms with E-state index in [1.807, 2.05) is 0 Å². The van der Waals surface area contributed by atoms with Crippen LogP contribution in [0.4, 0.5) is 8.78 Å². The lowest BCUT2D eigenvalue weighted by Crippen LogP contribution is -2.39. The SMILES string of the molecule is CC(O)(CNC(=O)c1ccco1)c1ccc(F)cc1F. The Bertz CT molecular complexity index is 609. The first kappa shape index (κ1) is 14.2. The van der Waals surface area contributed by atoms with E-state index in [0.29, 0.717) is 6.07 Å². The molecule has 0 radical (unpaired) electrons. The molecule has 1 aromatic heterocycles. The Kier molecular flexibility index (Phi) is 3.85. The molecule has 20 heavy (non-hydrogen) atoms. The molecule has 2 rings (SSSR count). The Hall–Kier alpha value is -2.21. The topological polar surface area (TPSA) is 62.5 Å². The maximum Gasteiger partial charge on any atom is 0.287 e. The highest BCUT2D eigenvalue weighted by molar-refractivity contribution is 5.91. The van der Waals surface area contributed by atoms with Crippen LogP contribution in [0.3, 0.4) is 0 Å². The standard InChI is InChI=1S/C14H13F2NO3/c1-14(19,10-5-4-9(15)7-11(10)16)8-17-13(18)12-3-2-6-20-12/h2-7,19H,8H2,1H3,(H,17,18). The molecule has 1 heterocycles. The first-order valence-electron chi connectivity index (χ1n) is 5.90. The molecule has 0 aliphatic rings. The van der Waals surface area contributed by atoms with Gasteiger partial charge in [0.25, 0.3) is 5.91 Å². The smallest absolute Gasteiger partial charge is 0.287 e. The van der Waals surface area contributed by atoms with Crippen molar-refractivity contribution >= 4 is 5.91 Å². The average molecular weight is 281 g/mol. The molecule has 106 valence electrons. The number of amides is 1. The summed E-state index contributed by atoms with van der Waals surface area (Å²) in [6.07, 6.45) is 1.34. The third-order valence-corrected chi connectivity index (χ3v) is 2.85. The molecule has 0 spiro atoms. The van der Waals surface area contributed by atoms with Gasteiger partial charge in [-0.15, -0.1) is 0 Å². The summed E-state index contributed by atoms with van der Waals surface area (Å²) in [4.78, 5) is 11.7. The molecule has 1 unspecified atom stereocenters. The largest absolute Gasteiger partial charge is 0.459 e. The summed E-state index contributed by atoms with van der Waals surface area (Å²) in [5.74, 6) is -2.05. The highest BCUT2D eigenvalue weighted by Crippen LogP contribution is 2.23. The monoisotopic (exact) mass is 281 g/mol. The maximum absolute atomic E-state index is 13.6. The van der Waals surface area contributed by atoms with Crippen LogP contribution in [-0.4, -0.2) is 17.6 Å². The number of nitrogens with one attached hydrogen (secondary N) is 1. The number of aliphatic hydroxyl groups is 1. The molecule has 1 aromatic carbocycles. The lowest BCUT2D eigenvalue weighted by Gasteiger charge is -2.24. The highest BCUT2D eigenvalue weighted by atomic mass is 19.1. The molecule has 0 aliphatic heterocycles. The summed E-state index contributed by atoms with van der Waals surface area (Å²) in [6, 6.07) is 5.87. The lowest BCUT2D eigenvalue weighted by molar-refractivity contribution is 0.0487. The molecule has 0 bridgehead atoms. The van der Waals surface area contributed by atoms with Gasteiger partial charge in [-0.1, -0.05) is 6.07 Å². The molecular weight excluding hydrogens is 268 g/mol. The molecule has 2 aromatic rings. The zero-order valence-electron chi connectivity index (χ0n) is 10.7. The van der Waals surface area contributed by atoms with Crippen LogP contribution >= 0.6 is 0 Å². The first-order valence-corrected chi connectivity index (χ1v) is 5.90. The molecule has 0 fully saturated rings. The lowest BCUT2D eigenvalue weighted by atomic mass is 9.95. The Labute approximate surface area is 114 Å². The van der Waals surface area contributed by atoms with Crippen molar-refractivity contribution in [3.05, 3.63) is 59.6 Å². The Morgan fingerprint density at radius 1 is 1.40 bits per heavy atom. The van der Waals surface area contributed by atoms with Crippen LogP contribution in [0.15, 0.2) is 41.0 Å². The van der Waals surface area contributed by atoms with Gasteiger partial charge in [-0.2, -0.15) is 0 Å². The number of benzene rings is 1. The van der Waals surface area contributed by atoms with Gasteiger partial charge in [-0.3, -0.25) is 4.79 Å². The molecule has 1 amide bonds. The number of halogens is 2. The fraction of sp³-hybridized carbons (Fsp3) is 0.214. The van der Waals surface area contributed by atoms with Crippen molar-refractivity contribution in [3.8, 4) is 0 Å². The van der Waals surface area contributed by atoms with Gasteiger partial charge in [-0.25, -0.2) is 8.78 Å². The quantitative estimate of drug-likeness (QED) is 0.903. The first-order chi connectivity index (χ1) is 9.40. The number of hydrogen-bond donors (Lipinski definition) is 2. The van der Waals surface area contributed by atoms with E-state index < -0.39 is 23.1 Å². The predicted octanol–water partition coefficient (Wildman–Crippen LogP) is 2.20. The molecule has 2 N–H and O–H groups in total. The Morgan fingerprint density at radius 2 is 2.15 bits per heavy atom. The van der Waals surface area contributed by atoms with Crippen molar-refractivity contribution in [2.45, 2.75) is 12.5 Å². The van der Waals surface area contributed by atoms with E-state index in [-0.39, 0.29) is 17.9 Å². The molecule has 1 atom stereocenters. The van der Waals surface area contributed by atoms with Crippen LogP contribution in [0.1, 0.15) is 23.0 Å². The summed E-state index contributed by atoms with van der Waals surface area (Å²) < 4.78 is 31.3. The number of furan rings is 1. The number of carbonyl (C=O) groups excluding carboxylic acids is 1. The Balaban J connectivity index is 2.09. The number of rotatable bonds is 4. The van der Waals surface area contributed by atoms with Gasteiger partial charge < -0.3 is 14.8 Å². The van der Waals surface area contributed by atoms with Gasteiger partial charge in [0.05, 0.1) is 12.8 Å². The van der Waals surface area contributed by atoms with Crippen LogP contribution in [-0.2, 0) is 5.60 Å². The van der Waals surface area contributed by atoms with Crippen LogP contribution in [0.2, 0.25) is 0 Å². The zero-order valence-corrected chi connectivity index (χ0v) is 10.7. The average Bonchev–Trinajstić information content (AvgIpc) is 2.89. The van der Waals surface area contributed by atoms with Gasteiger partial charge in [-0.05, 0) is 25.1 Å². The van der Waals surface area contributed by atoms with Gasteiger partial charge in [0.1, 0.15) is 17.2 Å². The number of hydrogen-bond acceptors (Lipinski definition) is 3. The van der Waals surface area contributed by atoms with E-state index >= 15 is 0 Å². The molecule has 0 saturated carbocycles. The second-order valence-corrected chi connectivity index (χ2v) is 4.56. The normalized spacial score (nSPS) is 13.8. The fourth-order valence-electron chi connectivity index (χ4n) is 1.77. The second kappa shape index (κ2) is 5.42. The van der Waals surface area contributed by atoms with Crippen molar-refractivity contribution in [1.29, 1.82) is 0 Å². The van der Waals surface area contributed by atoms with Gasteiger partial charge in [0, 0.05) is 11.6 Å². The maximum atomic E-state index is 13.6. The minimum atomic E-state index is -1.67. The van der Waals surface area contributed by atoms with E-state index in [9.17, 15) is 18.7 Å². The minimum Gasteiger partial charge on any atom is -0.459 e. The summed E-state index contributed by atoms with van der Waals surface area (Å²) in [7, 11) is 0. The summed E-state index contributed by atoms with van der Waals surface area (Å²) in [5.41, 5.74) is -1.77. The molecule has 4 nitrogen and oxygen atoms in total. The third-order valence-electron chi connectivity index (χ3n) is 2.85. The fourth-order valence-corrected chi connectivity index (χ4v) is 1.77. The summed E-state index contributed by atoms with van der Waals surface area (Å²) in [5, 5.41) is 12.6. The van der Waals surface area contributed by atoms with Crippen molar-refractivity contribution in [1.82, 2.24) is 5.32 Å². The van der Waals surface area contributed by atoms with Crippen LogP contribution in [0.5, 0.6) is 0 Å². The highest BCUT2D eigenvalue weighted by Gasteiger charge is 2.28. The third kappa shape index (κ3) is 3.03. The van der Waals surface area contributed by atoms with Crippen molar-refractivity contribution in [3.63, 3.8) is 0 Å². The molecule has 0 saturated heterocycles. The zero-order chi connectivity index (χ0) is 14.8. The van der Waals surface area contributed by atoms with Crippen molar-refractivity contribution < 1.29 is 23.1 Å². The number of carbonyl (C=O) groups is 1. The van der Waals surface area contributed by atoms with E-state index in [2.05, 4.69) is 5.32 Å².